The van der Waals surface area contributed by atoms with Gasteiger partial charge in [-0.1, -0.05) is 16.8 Å². The van der Waals surface area contributed by atoms with Crippen LogP contribution in [0.1, 0.15) is 31.6 Å². The van der Waals surface area contributed by atoms with Gasteiger partial charge in [0.05, 0.1) is 11.1 Å². The second-order valence-corrected chi connectivity index (χ2v) is 6.75. The zero-order valence-electron chi connectivity index (χ0n) is 13.7. The van der Waals surface area contributed by atoms with Crippen molar-refractivity contribution in [3.8, 4) is 22.9 Å². The summed E-state index contributed by atoms with van der Waals surface area (Å²) in [7, 11) is 0. The summed E-state index contributed by atoms with van der Waals surface area (Å²) in [5, 5.41) is 4.48. The van der Waals surface area contributed by atoms with Crippen LogP contribution in [0.3, 0.4) is 0 Å². The van der Waals surface area contributed by atoms with Crippen LogP contribution in [0.25, 0.3) is 11.4 Å². The number of hydrogen-bond donors (Lipinski definition) is 1. The second-order valence-electron chi connectivity index (χ2n) is 6.34. The third kappa shape index (κ3) is 3.73. The minimum Gasteiger partial charge on any atom is -0.486 e. The van der Waals surface area contributed by atoms with Gasteiger partial charge in [0.25, 0.3) is 5.89 Å². The smallest absolute Gasteiger partial charge is 0.252 e. The van der Waals surface area contributed by atoms with Crippen LogP contribution < -0.4 is 15.2 Å². The number of ether oxygens (including phenoxy) is 3. The number of benzene rings is 1. The van der Waals surface area contributed by atoms with Gasteiger partial charge in [-0.15, -0.1) is 0 Å². The van der Waals surface area contributed by atoms with E-state index >= 15 is 0 Å². The molecule has 0 spiro atoms. The molecule has 0 saturated heterocycles. The van der Waals surface area contributed by atoms with E-state index in [9.17, 15) is 0 Å². The highest BCUT2D eigenvalue weighted by Crippen LogP contribution is 2.40. The average Bonchev–Trinajstić information content (AvgIpc) is 3.10. The molecule has 1 saturated carbocycles. The Hall–Kier alpha value is -1.83. The maximum atomic E-state index is 6.25. The van der Waals surface area contributed by atoms with E-state index in [1.54, 1.807) is 12.1 Å². The summed E-state index contributed by atoms with van der Waals surface area (Å²) in [6.07, 6.45) is 4.14. The Labute approximate surface area is 150 Å². The highest BCUT2D eigenvalue weighted by atomic mass is 35.5. The molecule has 2 aliphatic rings. The van der Waals surface area contributed by atoms with Gasteiger partial charge in [0, 0.05) is 11.6 Å². The summed E-state index contributed by atoms with van der Waals surface area (Å²) in [4.78, 5) is 4.39. The van der Waals surface area contributed by atoms with E-state index in [2.05, 4.69) is 10.1 Å². The van der Waals surface area contributed by atoms with E-state index in [1.165, 1.54) is 0 Å². The van der Waals surface area contributed by atoms with Crippen molar-refractivity contribution in [2.75, 3.05) is 13.2 Å². The molecule has 25 heavy (non-hydrogen) atoms. The van der Waals surface area contributed by atoms with Crippen LogP contribution >= 0.6 is 11.6 Å². The largest absolute Gasteiger partial charge is 0.486 e. The molecular weight excluding hydrogens is 346 g/mol. The summed E-state index contributed by atoms with van der Waals surface area (Å²) < 4.78 is 22.2. The van der Waals surface area contributed by atoms with Crippen molar-refractivity contribution in [3.05, 3.63) is 23.0 Å². The van der Waals surface area contributed by atoms with Crippen LogP contribution in [-0.4, -0.2) is 35.5 Å². The minimum atomic E-state index is 0.207. The number of aromatic nitrogens is 2. The highest BCUT2D eigenvalue weighted by Gasteiger charge is 2.21. The van der Waals surface area contributed by atoms with Crippen LogP contribution in [-0.2, 0) is 11.3 Å². The monoisotopic (exact) mass is 365 g/mol. The van der Waals surface area contributed by atoms with Gasteiger partial charge in [0.15, 0.2) is 11.5 Å². The fraction of sp³-hybridized carbons (Fsp3) is 0.529. The lowest BCUT2D eigenvalue weighted by atomic mass is 9.94. The van der Waals surface area contributed by atoms with Gasteiger partial charge >= 0.3 is 0 Å². The second kappa shape index (κ2) is 7.19. The maximum Gasteiger partial charge on any atom is 0.252 e. The molecule has 1 aromatic heterocycles. The standard InChI is InChI=1S/C17H20ClN3O4/c18-13-7-10(8-14-16(13)23-6-5-22-14)17-20-15(25-21-17)9-24-12-3-1-11(19)2-4-12/h7-8,11-12H,1-6,9,19H2. The number of nitrogens with two attached hydrogens (primary N) is 1. The Balaban J connectivity index is 1.43. The maximum absolute atomic E-state index is 6.25. The Morgan fingerprint density at radius 2 is 1.96 bits per heavy atom. The van der Waals surface area contributed by atoms with Gasteiger partial charge in [0.2, 0.25) is 5.82 Å². The van der Waals surface area contributed by atoms with Crippen LogP contribution in [0.5, 0.6) is 11.5 Å². The number of hydrogen-bond acceptors (Lipinski definition) is 7. The minimum absolute atomic E-state index is 0.207. The number of halogens is 1. The van der Waals surface area contributed by atoms with Gasteiger partial charge in [-0.3, -0.25) is 0 Å². The van der Waals surface area contributed by atoms with Crippen LogP contribution in [0.4, 0.5) is 0 Å². The van der Waals surface area contributed by atoms with Gasteiger partial charge < -0.3 is 24.5 Å². The topological polar surface area (TPSA) is 92.6 Å². The lowest BCUT2D eigenvalue weighted by Crippen LogP contribution is -2.30. The predicted molar refractivity (Wildman–Crippen MR) is 90.8 cm³/mol. The van der Waals surface area contributed by atoms with E-state index in [-0.39, 0.29) is 6.10 Å². The van der Waals surface area contributed by atoms with E-state index in [0.29, 0.717) is 59.7 Å². The lowest BCUT2D eigenvalue weighted by molar-refractivity contribution is 0.00192. The number of rotatable bonds is 4. The SMILES string of the molecule is NC1CCC(OCc2nc(-c3cc(Cl)c4c(c3)OCCO4)no2)CC1. The first-order valence-electron chi connectivity index (χ1n) is 8.48. The molecule has 2 aromatic rings. The van der Waals surface area contributed by atoms with Crippen molar-refractivity contribution in [1.82, 2.24) is 10.1 Å². The van der Waals surface area contributed by atoms with E-state index < -0.39 is 0 Å². The molecule has 0 unspecified atom stereocenters. The molecule has 0 radical (unpaired) electrons. The Bertz CT molecular complexity index is 743. The highest BCUT2D eigenvalue weighted by molar-refractivity contribution is 6.32. The van der Waals surface area contributed by atoms with Crippen LogP contribution in [0, 0.1) is 0 Å². The number of nitrogens with zero attached hydrogens (tertiary/aromatic N) is 2. The van der Waals surface area contributed by atoms with Gasteiger partial charge in [-0.25, -0.2) is 0 Å². The zero-order valence-corrected chi connectivity index (χ0v) is 14.5. The zero-order chi connectivity index (χ0) is 17.2. The fourth-order valence-corrected chi connectivity index (χ4v) is 3.38. The van der Waals surface area contributed by atoms with Crippen molar-refractivity contribution >= 4 is 11.6 Å². The Kier molecular flexibility index (Phi) is 4.78. The number of fused-ring (bicyclic) bond motifs is 1. The predicted octanol–water partition coefficient (Wildman–Crippen LogP) is 2.95. The molecule has 134 valence electrons. The molecule has 1 fully saturated rings. The first-order valence-corrected chi connectivity index (χ1v) is 8.86. The lowest BCUT2D eigenvalue weighted by Gasteiger charge is -2.25. The average molecular weight is 366 g/mol. The third-order valence-corrected chi connectivity index (χ3v) is 4.77. The third-order valence-electron chi connectivity index (χ3n) is 4.48. The molecular formula is C17H20ClN3O4. The van der Waals surface area contributed by atoms with E-state index in [1.807, 2.05) is 0 Å². The van der Waals surface area contributed by atoms with E-state index in [4.69, 9.17) is 36.1 Å². The van der Waals surface area contributed by atoms with E-state index in [0.717, 1.165) is 25.7 Å². The van der Waals surface area contributed by atoms with Gasteiger partial charge in [0.1, 0.15) is 19.8 Å². The van der Waals surface area contributed by atoms with Gasteiger partial charge in [-0.05, 0) is 37.8 Å². The van der Waals surface area contributed by atoms with Gasteiger partial charge in [-0.2, -0.15) is 4.98 Å². The molecule has 1 aromatic carbocycles. The molecule has 0 amide bonds. The van der Waals surface area contributed by atoms with Crippen molar-refractivity contribution in [2.24, 2.45) is 5.73 Å². The molecule has 8 heteroatoms. The summed E-state index contributed by atoms with van der Waals surface area (Å²) in [6, 6.07) is 3.85. The molecule has 0 atom stereocenters. The first kappa shape index (κ1) is 16.6. The quantitative estimate of drug-likeness (QED) is 0.890. The van der Waals surface area contributed by atoms with Crippen molar-refractivity contribution in [3.63, 3.8) is 0 Å². The molecule has 4 rings (SSSR count). The van der Waals surface area contributed by atoms with Crippen molar-refractivity contribution in [1.29, 1.82) is 0 Å². The Morgan fingerprint density at radius 3 is 2.80 bits per heavy atom. The summed E-state index contributed by atoms with van der Waals surface area (Å²) in [5.41, 5.74) is 6.62. The Morgan fingerprint density at radius 1 is 1.16 bits per heavy atom. The van der Waals surface area contributed by atoms with Crippen molar-refractivity contribution in [2.45, 2.75) is 44.4 Å². The van der Waals surface area contributed by atoms with Crippen molar-refractivity contribution < 1.29 is 18.7 Å². The molecule has 0 bridgehead atoms. The first-order chi connectivity index (χ1) is 12.2. The molecule has 7 nitrogen and oxygen atoms in total. The van der Waals surface area contributed by atoms with Crippen LogP contribution in [0.2, 0.25) is 5.02 Å². The fourth-order valence-electron chi connectivity index (χ4n) is 3.12. The summed E-state index contributed by atoms with van der Waals surface area (Å²) in [6.45, 7) is 1.27. The molecule has 1 aliphatic carbocycles. The molecule has 2 heterocycles. The van der Waals surface area contributed by atoms with Crippen LogP contribution in [0.15, 0.2) is 16.7 Å². The molecule has 2 N–H and O–H groups in total. The normalized spacial score (nSPS) is 22.8. The summed E-state index contributed by atoms with van der Waals surface area (Å²) >= 11 is 6.25. The summed E-state index contributed by atoms with van der Waals surface area (Å²) in [5.74, 6) is 2.04. The molecule has 1 aliphatic heterocycles.